The molecule has 0 spiro atoms. The zero-order valence-corrected chi connectivity index (χ0v) is 4.93. The quantitative estimate of drug-likeness (QED) is 0.368. The van der Waals surface area contributed by atoms with Crippen LogP contribution >= 0.6 is 7.60 Å². The van der Waals surface area contributed by atoms with Gasteiger partial charge < -0.3 is 9.79 Å². The lowest BCUT2D eigenvalue weighted by atomic mass is 10.7. The van der Waals surface area contributed by atoms with Gasteiger partial charge >= 0.3 is 7.60 Å². The van der Waals surface area contributed by atoms with Gasteiger partial charge in [-0.05, 0) is 6.08 Å². The van der Waals surface area contributed by atoms with Crippen LogP contribution in [-0.2, 0) is 4.57 Å². The normalized spacial score (nSPS) is 9.25. The van der Waals surface area contributed by atoms with Crippen LogP contribution in [0.4, 0.5) is 0 Å². The van der Waals surface area contributed by atoms with Crippen molar-refractivity contribution in [1.82, 2.24) is 0 Å². The maximum absolute atomic E-state index is 9.86. The van der Waals surface area contributed by atoms with Crippen LogP contribution in [0, 0.1) is 11.6 Å². The Labute approximate surface area is 47.2 Å². The van der Waals surface area contributed by atoms with E-state index in [0.717, 1.165) is 6.08 Å². The summed E-state index contributed by atoms with van der Waals surface area (Å²) in [7, 11) is -4.11. The van der Waals surface area contributed by atoms with Gasteiger partial charge in [-0.25, -0.2) is 4.57 Å². The molecule has 0 aliphatic carbocycles. The molecule has 0 rings (SSSR count). The highest BCUT2D eigenvalue weighted by Gasteiger charge is 2.03. The molecule has 44 valence electrons. The zero-order chi connectivity index (χ0) is 6.62. The van der Waals surface area contributed by atoms with Crippen molar-refractivity contribution < 1.29 is 14.4 Å². The second-order valence-electron chi connectivity index (χ2n) is 1.00. The molecular formula is C4H5O3P. The summed E-state index contributed by atoms with van der Waals surface area (Å²) in [5, 5.41) is 0. The highest BCUT2D eigenvalue weighted by Crippen LogP contribution is 2.31. The largest absolute Gasteiger partial charge is 0.400 e. The lowest BCUT2D eigenvalue weighted by Gasteiger charge is -1.85. The Balaban J connectivity index is 4.09. The minimum absolute atomic E-state index is 1.12. The minimum Gasteiger partial charge on any atom is -0.315 e. The summed E-state index contributed by atoms with van der Waals surface area (Å²) in [4.78, 5) is 16.1. The summed E-state index contributed by atoms with van der Waals surface area (Å²) >= 11 is 0. The first-order valence-corrected chi connectivity index (χ1v) is 3.37. The average molecular weight is 132 g/mol. The molecule has 3 nitrogen and oxygen atoms in total. The third kappa shape index (κ3) is 5.45. The van der Waals surface area contributed by atoms with Crippen LogP contribution in [0.15, 0.2) is 12.7 Å². The first kappa shape index (κ1) is 7.45. The summed E-state index contributed by atoms with van der Waals surface area (Å²) in [6.07, 6.45) is 1.12. The van der Waals surface area contributed by atoms with Crippen molar-refractivity contribution >= 4 is 7.60 Å². The molecule has 0 bridgehead atoms. The van der Waals surface area contributed by atoms with Crippen LogP contribution in [-0.4, -0.2) is 9.79 Å². The Kier molecular flexibility index (Phi) is 2.50. The Bertz CT molecular complexity index is 179. The van der Waals surface area contributed by atoms with Crippen molar-refractivity contribution in [3.05, 3.63) is 12.7 Å². The molecule has 8 heavy (non-hydrogen) atoms. The van der Waals surface area contributed by atoms with E-state index in [1.54, 1.807) is 5.66 Å². The van der Waals surface area contributed by atoms with E-state index in [2.05, 4.69) is 6.58 Å². The molecule has 4 heteroatoms. The van der Waals surface area contributed by atoms with E-state index in [4.69, 9.17) is 9.79 Å². The van der Waals surface area contributed by atoms with Gasteiger partial charge in [-0.15, -0.1) is 0 Å². The molecular weight excluding hydrogens is 127 g/mol. The van der Waals surface area contributed by atoms with E-state index in [0.29, 0.717) is 0 Å². The van der Waals surface area contributed by atoms with Crippen molar-refractivity contribution in [2.75, 3.05) is 0 Å². The van der Waals surface area contributed by atoms with Crippen LogP contribution in [0.3, 0.4) is 0 Å². The summed E-state index contributed by atoms with van der Waals surface area (Å²) in [6, 6.07) is 0. The maximum atomic E-state index is 9.86. The van der Waals surface area contributed by atoms with Crippen LogP contribution < -0.4 is 0 Å². The van der Waals surface area contributed by atoms with Crippen molar-refractivity contribution in [1.29, 1.82) is 0 Å². The van der Waals surface area contributed by atoms with Gasteiger partial charge in [0.15, 0.2) is 0 Å². The molecule has 0 radical (unpaired) electrons. The van der Waals surface area contributed by atoms with E-state index in [9.17, 15) is 4.57 Å². The summed E-state index contributed by atoms with van der Waals surface area (Å²) < 4.78 is 9.86. The lowest BCUT2D eigenvalue weighted by Crippen LogP contribution is -1.66. The second kappa shape index (κ2) is 2.68. The van der Waals surface area contributed by atoms with Crippen molar-refractivity contribution in [2.24, 2.45) is 0 Å². The van der Waals surface area contributed by atoms with Crippen LogP contribution in [0.1, 0.15) is 0 Å². The fraction of sp³-hybridized carbons (Fsp3) is 0. The molecule has 0 atom stereocenters. The Hall–Kier alpha value is -0.550. The van der Waals surface area contributed by atoms with Gasteiger partial charge in [0.05, 0.1) is 0 Å². The molecule has 0 heterocycles. The van der Waals surface area contributed by atoms with Crippen LogP contribution in [0.2, 0.25) is 0 Å². The molecule has 0 amide bonds. The lowest BCUT2D eigenvalue weighted by molar-refractivity contribution is 0.389. The number of allylic oxidation sites excluding steroid dienone is 1. The maximum Gasteiger partial charge on any atom is 0.400 e. The number of rotatable bonds is 0. The third-order valence-electron chi connectivity index (χ3n) is 0.312. The standard InChI is InChI=1S/C4H5O3P/c1-2-3-4-8(5,6)7/h2H,1H2,(H2,5,6,7). The predicted molar refractivity (Wildman–Crippen MR) is 30.0 cm³/mol. The van der Waals surface area contributed by atoms with Crippen LogP contribution in [0.5, 0.6) is 0 Å². The highest BCUT2D eigenvalue weighted by molar-refractivity contribution is 7.57. The third-order valence-corrected chi connectivity index (χ3v) is 0.733. The fourth-order valence-corrected chi connectivity index (χ4v) is 0.389. The molecule has 0 fully saturated rings. The van der Waals surface area contributed by atoms with Gasteiger partial charge in [0.25, 0.3) is 0 Å². The van der Waals surface area contributed by atoms with Crippen molar-refractivity contribution in [2.45, 2.75) is 0 Å². The zero-order valence-electron chi connectivity index (χ0n) is 4.03. The van der Waals surface area contributed by atoms with Gasteiger partial charge in [-0.3, -0.25) is 0 Å². The molecule has 0 aliphatic heterocycles. The van der Waals surface area contributed by atoms with Gasteiger partial charge in [0, 0.05) is 5.66 Å². The van der Waals surface area contributed by atoms with E-state index >= 15 is 0 Å². The summed E-state index contributed by atoms with van der Waals surface area (Å²) in [5.74, 6) is 2.04. The van der Waals surface area contributed by atoms with Crippen LogP contribution in [0.25, 0.3) is 0 Å². The topological polar surface area (TPSA) is 57.5 Å². The molecule has 0 saturated heterocycles. The van der Waals surface area contributed by atoms with Gasteiger partial charge in [0.1, 0.15) is 0 Å². The summed E-state index contributed by atoms with van der Waals surface area (Å²) in [5.41, 5.74) is 1.67. The van der Waals surface area contributed by atoms with Gasteiger partial charge in [-0.1, -0.05) is 12.5 Å². The molecule has 0 unspecified atom stereocenters. The molecule has 0 aromatic rings. The molecule has 0 saturated carbocycles. The van der Waals surface area contributed by atoms with E-state index in [1.807, 2.05) is 5.92 Å². The summed E-state index contributed by atoms with van der Waals surface area (Å²) in [6.45, 7) is 3.15. The van der Waals surface area contributed by atoms with E-state index in [1.165, 1.54) is 0 Å². The van der Waals surface area contributed by atoms with E-state index in [-0.39, 0.29) is 0 Å². The molecule has 2 N–H and O–H groups in total. The Morgan fingerprint density at radius 3 is 2.25 bits per heavy atom. The monoisotopic (exact) mass is 132 g/mol. The number of hydrogen-bond donors (Lipinski definition) is 2. The second-order valence-corrected chi connectivity index (χ2v) is 2.32. The smallest absolute Gasteiger partial charge is 0.315 e. The number of hydrogen-bond acceptors (Lipinski definition) is 1. The van der Waals surface area contributed by atoms with Crippen molar-refractivity contribution in [3.63, 3.8) is 0 Å². The molecule has 0 aliphatic rings. The molecule has 0 aromatic carbocycles. The molecule has 0 aromatic heterocycles. The fourth-order valence-electron chi connectivity index (χ4n) is 0.130. The first-order chi connectivity index (χ1) is 3.56. The predicted octanol–water partition coefficient (Wildman–Crippen LogP) is 0.311. The first-order valence-electron chi connectivity index (χ1n) is 1.75. The Morgan fingerprint density at radius 1 is 1.62 bits per heavy atom. The van der Waals surface area contributed by atoms with Crippen molar-refractivity contribution in [3.8, 4) is 11.6 Å². The minimum atomic E-state index is -4.11. The van der Waals surface area contributed by atoms with E-state index < -0.39 is 7.60 Å². The Morgan fingerprint density at radius 2 is 2.12 bits per heavy atom. The van der Waals surface area contributed by atoms with Gasteiger partial charge in [-0.2, -0.15) is 0 Å². The van der Waals surface area contributed by atoms with Gasteiger partial charge in [0.2, 0.25) is 0 Å². The average Bonchev–Trinajstić information content (AvgIpc) is 1.59. The highest BCUT2D eigenvalue weighted by atomic mass is 31.2. The SMILES string of the molecule is C=CC#CP(=O)(O)O.